The van der Waals surface area contributed by atoms with Gasteiger partial charge < -0.3 is 5.11 Å². The Morgan fingerprint density at radius 1 is 1.35 bits per heavy atom. The first-order valence-corrected chi connectivity index (χ1v) is 8.07. The zero-order chi connectivity index (χ0) is 15.5. The molecule has 20 heavy (non-hydrogen) atoms. The van der Waals surface area contributed by atoms with Gasteiger partial charge in [0.15, 0.2) is 0 Å². The number of carboxylic acids is 1. The fourth-order valence-corrected chi connectivity index (χ4v) is 3.59. The zero-order valence-electron chi connectivity index (χ0n) is 10.9. The number of carbonyl (C=O) groups is 1. The molecule has 1 rings (SSSR count). The lowest BCUT2D eigenvalue weighted by Crippen LogP contribution is -2.41. The summed E-state index contributed by atoms with van der Waals surface area (Å²) in [6, 6.07) is 2.70. The highest BCUT2D eigenvalue weighted by molar-refractivity contribution is 7.89. The monoisotopic (exact) mass is 339 g/mol. The Kier molecular flexibility index (Phi) is 5.82. The summed E-state index contributed by atoms with van der Waals surface area (Å²) in [5.74, 6) is -1.20. The van der Waals surface area contributed by atoms with Crippen molar-refractivity contribution in [1.29, 1.82) is 0 Å². The first-order valence-electron chi connectivity index (χ1n) is 5.83. The number of nitrogens with one attached hydrogen (secondary N) is 1. The number of rotatable bonds is 6. The van der Waals surface area contributed by atoms with Crippen molar-refractivity contribution in [2.45, 2.75) is 31.2 Å². The van der Waals surface area contributed by atoms with E-state index in [0.29, 0.717) is 5.02 Å². The van der Waals surface area contributed by atoms with Crippen molar-refractivity contribution < 1.29 is 18.3 Å². The van der Waals surface area contributed by atoms with Crippen LogP contribution in [-0.4, -0.2) is 25.5 Å². The van der Waals surface area contributed by atoms with Crippen molar-refractivity contribution in [3.8, 4) is 0 Å². The second-order valence-electron chi connectivity index (χ2n) is 4.72. The molecule has 8 heteroatoms. The van der Waals surface area contributed by atoms with E-state index < -0.39 is 22.0 Å². The van der Waals surface area contributed by atoms with Crippen LogP contribution in [0.25, 0.3) is 0 Å². The molecule has 0 spiro atoms. The van der Waals surface area contributed by atoms with E-state index in [2.05, 4.69) is 4.72 Å². The number of aliphatic carboxylic acids is 1. The molecule has 0 bridgehead atoms. The normalized spacial score (nSPS) is 13.4. The molecule has 0 aromatic heterocycles. The molecule has 0 aliphatic rings. The van der Waals surface area contributed by atoms with Crippen LogP contribution in [0.1, 0.15) is 20.3 Å². The number of benzene rings is 1. The molecule has 0 fully saturated rings. The van der Waals surface area contributed by atoms with Crippen LogP contribution in [0.3, 0.4) is 0 Å². The average Bonchev–Trinajstić information content (AvgIpc) is 2.26. The predicted molar refractivity (Wildman–Crippen MR) is 77.7 cm³/mol. The van der Waals surface area contributed by atoms with Gasteiger partial charge in [0.25, 0.3) is 0 Å². The van der Waals surface area contributed by atoms with Crippen LogP contribution in [0, 0.1) is 5.92 Å². The van der Waals surface area contributed by atoms with Gasteiger partial charge in [0.2, 0.25) is 10.0 Å². The van der Waals surface area contributed by atoms with Gasteiger partial charge in [-0.15, -0.1) is 0 Å². The summed E-state index contributed by atoms with van der Waals surface area (Å²) in [4.78, 5) is 10.9. The molecule has 0 aliphatic heterocycles. The van der Waals surface area contributed by atoms with Crippen LogP contribution in [-0.2, 0) is 14.8 Å². The Morgan fingerprint density at radius 3 is 2.40 bits per heavy atom. The van der Waals surface area contributed by atoms with E-state index in [1.165, 1.54) is 18.2 Å². The van der Waals surface area contributed by atoms with E-state index in [4.69, 9.17) is 28.3 Å². The van der Waals surface area contributed by atoms with Gasteiger partial charge in [-0.25, -0.2) is 8.42 Å². The first-order chi connectivity index (χ1) is 9.13. The van der Waals surface area contributed by atoms with Crippen LogP contribution < -0.4 is 4.72 Å². The van der Waals surface area contributed by atoms with Crippen LogP contribution in [0.2, 0.25) is 10.0 Å². The van der Waals surface area contributed by atoms with Crippen LogP contribution in [0.15, 0.2) is 23.1 Å². The highest BCUT2D eigenvalue weighted by Crippen LogP contribution is 2.25. The molecule has 1 atom stereocenters. The maximum atomic E-state index is 12.2. The molecule has 0 amide bonds. The maximum absolute atomic E-state index is 12.2. The minimum atomic E-state index is -4.02. The van der Waals surface area contributed by atoms with Crippen molar-refractivity contribution in [1.82, 2.24) is 4.72 Å². The lowest BCUT2D eigenvalue weighted by atomic mass is 10.1. The van der Waals surface area contributed by atoms with Gasteiger partial charge in [0.05, 0.1) is 5.02 Å². The summed E-state index contributed by atoms with van der Waals surface area (Å²) in [6.07, 6.45) is 0.180. The summed E-state index contributed by atoms with van der Waals surface area (Å²) in [7, 11) is -4.02. The molecule has 0 heterocycles. The summed E-state index contributed by atoms with van der Waals surface area (Å²) >= 11 is 11.5. The Hall–Kier alpha value is -0.820. The zero-order valence-corrected chi connectivity index (χ0v) is 13.3. The molecule has 2 N–H and O–H groups in total. The molecule has 0 unspecified atom stereocenters. The Balaban J connectivity index is 3.06. The van der Waals surface area contributed by atoms with E-state index in [0.717, 1.165) is 0 Å². The quantitative estimate of drug-likeness (QED) is 0.834. The second kappa shape index (κ2) is 6.76. The molecule has 1 aromatic carbocycles. The third kappa shape index (κ3) is 4.63. The fourth-order valence-electron chi connectivity index (χ4n) is 1.61. The van der Waals surface area contributed by atoms with Crippen LogP contribution in [0.5, 0.6) is 0 Å². The van der Waals surface area contributed by atoms with E-state index >= 15 is 0 Å². The van der Waals surface area contributed by atoms with E-state index in [9.17, 15) is 13.2 Å². The minimum Gasteiger partial charge on any atom is -0.480 e. The van der Waals surface area contributed by atoms with Gasteiger partial charge in [-0.3, -0.25) is 4.79 Å². The van der Waals surface area contributed by atoms with Gasteiger partial charge in [-0.2, -0.15) is 4.72 Å². The van der Waals surface area contributed by atoms with E-state index in [1.807, 2.05) is 0 Å². The number of halogens is 2. The topological polar surface area (TPSA) is 83.5 Å². The molecule has 5 nitrogen and oxygen atoms in total. The molecular formula is C12H15Cl2NO4S. The largest absolute Gasteiger partial charge is 0.480 e. The van der Waals surface area contributed by atoms with Gasteiger partial charge in [-0.1, -0.05) is 37.0 Å². The molecule has 112 valence electrons. The summed E-state index contributed by atoms with van der Waals surface area (Å²) < 4.78 is 26.5. The fraction of sp³-hybridized carbons (Fsp3) is 0.417. The molecule has 0 saturated carbocycles. The van der Waals surface area contributed by atoms with Crippen LogP contribution >= 0.6 is 23.2 Å². The Morgan fingerprint density at radius 2 is 1.95 bits per heavy atom. The SMILES string of the molecule is CC(C)C[C@@H](NS(=O)(=O)c1ccc(Cl)cc1Cl)C(=O)O. The van der Waals surface area contributed by atoms with Gasteiger partial charge in [0, 0.05) is 5.02 Å². The maximum Gasteiger partial charge on any atom is 0.321 e. The van der Waals surface area contributed by atoms with Gasteiger partial charge in [0.1, 0.15) is 10.9 Å². The highest BCUT2D eigenvalue weighted by Gasteiger charge is 2.27. The third-order valence-corrected chi connectivity index (χ3v) is 4.68. The molecule has 0 aliphatic carbocycles. The molecular weight excluding hydrogens is 325 g/mol. The van der Waals surface area contributed by atoms with Crippen molar-refractivity contribution in [2.24, 2.45) is 5.92 Å². The number of sulfonamides is 1. The lowest BCUT2D eigenvalue weighted by Gasteiger charge is -2.17. The summed E-state index contributed by atoms with van der Waals surface area (Å²) in [6.45, 7) is 3.61. The van der Waals surface area contributed by atoms with E-state index in [1.54, 1.807) is 13.8 Å². The lowest BCUT2D eigenvalue weighted by molar-refractivity contribution is -0.139. The predicted octanol–water partition coefficient (Wildman–Crippen LogP) is 2.77. The van der Waals surface area contributed by atoms with Crippen LogP contribution in [0.4, 0.5) is 0 Å². The molecule has 0 saturated heterocycles. The summed E-state index contributed by atoms with van der Waals surface area (Å²) in [5.41, 5.74) is 0. The van der Waals surface area contributed by atoms with Crippen molar-refractivity contribution in [2.75, 3.05) is 0 Å². The molecule has 0 radical (unpaired) electrons. The van der Waals surface area contributed by atoms with Gasteiger partial charge in [-0.05, 0) is 30.5 Å². The molecule has 1 aromatic rings. The summed E-state index contributed by atoms with van der Waals surface area (Å²) in [5, 5.41) is 9.31. The average molecular weight is 340 g/mol. The second-order valence-corrected chi connectivity index (χ2v) is 7.24. The van der Waals surface area contributed by atoms with Gasteiger partial charge >= 0.3 is 5.97 Å². The van der Waals surface area contributed by atoms with E-state index in [-0.39, 0.29) is 22.3 Å². The third-order valence-electron chi connectivity index (χ3n) is 2.49. The van der Waals surface area contributed by atoms with Crippen molar-refractivity contribution in [3.05, 3.63) is 28.2 Å². The number of hydrogen-bond donors (Lipinski definition) is 2. The minimum absolute atomic E-state index is 0.0273. The smallest absolute Gasteiger partial charge is 0.321 e. The Labute approximate surface area is 127 Å². The Bertz CT molecular complexity index is 601. The van der Waals surface area contributed by atoms with Crippen molar-refractivity contribution >= 4 is 39.2 Å². The number of hydrogen-bond acceptors (Lipinski definition) is 3. The first kappa shape index (κ1) is 17.2. The standard InChI is InChI=1S/C12H15Cl2NO4S/c1-7(2)5-10(12(16)17)15-20(18,19)11-4-3-8(13)6-9(11)14/h3-4,6-7,10,15H,5H2,1-2H3,(H,16,17)/t10-/m1/s1. The number of carboxylic acid groups (broad SMARTS) is 1. The highest BCUT2D eigenvalue weighted by atomic mass is 35.5. The van der Waals surface area contributed by atoms with Crippen molar-refractivity contribution in [3.63, 3.8) is 0 Å².